The van der Waals surface area contributed by atoms with Crippen LogP contribution in [0.3, 0.4) is 0 Å². The molecular weight excluding hydrogens is 446 g/mol. The van der Waals surface area contributed by atoms with Crippen molar-refractivity contribution in [2.75, 3.05) is 54.3 Å². The molecule has 170 valence electrons. The fourth-order valence-electron chi connectivity index (χ4n) is 2.67. The minimum Gasteiger partial charge on any atom is -0.497 e. The van der Waals surface area contributed by atoms with E-state index >= 15 is 0 Å². The van der Waals surface area contributed by atoms with Crippen molar-refractivity contribution in [1.82, 2.24) is 0 Å². The van der Waals surface area contributed by atoms with E-state index in [0.29, 0.717) is 17.1 Å². The highest BCUT2D eigenvalue weighted by Crippen LogP contribution is 2.33. The monoisotopic (exact) mass is 471 g/mol. The van der Waals surface area contributed by atoms with Crippen LogP contribution < -0.4 is 23.4 Å². The highest BCUT2D eigenvalue weighted by Gasteiger charge is 2.25. The molecule has 10 nitrogen and oxygen atoms in total. The second-order valence-corrected chi connectivity index (χ2v) is 10.6. The highest BCUT2D eigenvalue weighted by molar-refractivity contribution is 7.92. The second-order valence-electron chi connectivity index (χ2n) is 6.64. The number of carbonyl (C=O) groups excluding carboxylic acids is 1. The van der Waals surface area contributed by atoms with Crippen LogP contribution >= 0.6 is 0 Å². The molecule has 0 saturated heterocycles. The number of hydrogen-bond donors (Lipinski definition) is 1. The number of nitrogens with zero attached hydrogens (tertiary/aromatic N) is 2. The first-order valence-electron chi connectivity index (χ1n) is 8.90. The Hall–Kier alpha value is -2.99. The summed E-state index contributed by atoms with van der Waals surface area (Å²) in [6, 6.07) is 10.8. The molecule has 0 aliphatic carbocycles. The Bertz CT molecular complexity index is 1160. The molecule has 2 aromatic carbocycles. The number of hydrogen-bond acceptors (Lipinski definition) is 7. The van der Waals surface area contributed by atoms with E-state index in [1.807, 2.05) is 0 Å². The van der Waals surface area contributed by atoms with Gasteiger partial charge >= 0.3 is 0 Å². The van der Waals surface area contributed by atoms with Gasteiger partial charge in [0, 0.05) is 18.8 Å². The van der Waals surface area contributed by atoms with Crippen molar-refractivity contribution in [1.29, 1.82) is 0 Å². The van der Waals surface area contributed by atoms with E-state index in [2.05, 4.69) is 5.32 Å². The van der Waals surface area contributed by atoms with Gasteiger partial charge in [0.15, 0.2) is 0 Å². The third-order valence-electron chi connectivity index (χ3n) is 4.33. The number of benzene rings is 2. The molecule has 2 aromatic rings. The van der Waals surface area contributed by atoms with Crippen LogP contribution in [0.4, 0.5) is 17.1 Å². The largest absolute Gasteiger partial charge is 0.497 e. The van der Waals surface area contributed by atoms with Gasteiger partial charge in [-0.25, -0.2) is 16.8 Å². The van der Waals surface area contributed by atoms with Crippen LogP contribution in [0.15, 0.2) is 42.5 Å². The fraction of sp³-hybridized carbons (Fsp3) is 0.316. The number of rotatable bonds is 9. The van der Waals surface area contributed by atoms with E-state index in [0.717, 1.165) is 21.1 Å². The Morgan fingerprint density at radius 1 is 0.968 bits per heavy atom. The summed E-state index contributed by atoms with van der Waals surface area (Å²) in [6.07, 6.45) is 2.03. The van der Waals surface area contributed by atoms with Crippen LogP contribution in [0.25, 0.3) is 0 Å². The third kappa shape index (κ3) is 6.25. The maximum absolute atomic E-state index is 12.7. The third-order valence-corrected chi connectivity index (χ3v) is 6.67. The lowest BCUT2D eigenvalue weighted by molar-refractivity contribution is -0.114. The van der Waals surface area contributed by atoms with Crippen LogP contribution in [-0.2, 0) is 24.8 Å². The van der Waals surface area contributed by atoms with Crippen molar-refractivity contribution < 1.29 is 31.1 Å². The van der Waals surface area contributed by atoms with Crippen molar-refractivity contribution >= 4 is 43.0 Å². The predicted octanol–water partition coefficient (Wildman–Crippen LogP) is 1.50. The van der Waals surface area contributed by atoms with Gasteiger partial charge in [-0.3, -0.25) is 13.4 Å². The normalized spacial score (nSPS) is 11.5. The zero-order chi connectivity index (χ0) is 23.4. The lowest BCUT2D eigenvalue weighted by Crippen LogP contribution is -2.37. The summed E-state index contributed by atoms with van der Waals surface area (Å²) in [5, 5.41) is 2.59. The summed E-state index contributed by atoms with van der Waals surface area (Å²) in [7, 11) is -3.13. The maximum atomic E-state index is 12.7. The molecule has 0 fully saturated rings. The van der Waals surface area contributed by atoms with Crippen molar-refractivity contribution in [3.8, 4) is 11.5 Å². The van der Waals surface area contributed by atoms with Crippen LogP contribution in [-0.4, -0.2) is 63.1 Å². The molecule has 0 aliphatic heterocycles. The molecule has 1 amide bonds. The molecule has 0 atom stereocenters. The molecule has 0 aromatic heterocycles. The smallest absolute Gasteiger partial charge is 0.245 e. The van der Waals surface area contributed by atoms with Crippen molar-refractivity contribution in [2.45, 2.75) is 0 Å². The molecule has 0 heterocycles. The number of nitrogens with one attached hydrogen (secondary N) is 1. The van der Waals surface area contributed by atoms with E-state index in [1.54, 1.807) is 24.3 Å². The van der Waals surface area contributed by atoms with E-state index in [1.165, 1.54) is 39.5 Å². The molecular formula is C19H25N3O7S2. The zero-order valence-electron chi connectivity index (χ0n) is 17.8. The fourth-order valence-corrected chi connectivity index (χ4v) is 4.02. The molecule has 0 aliphatic rings. The second kappa shape index (κ2) is 9.43. The molecule has 0 bridgehead atoms. The SMILES string of the molecule is COc1ccc(OC)c(N(CC(=O)Nc2cccc(N(C)S(C)(=O)=O)c2)S(C)(=O)=O)c1. The molecule has 0 unspecified atom stereocenters. The van der Waals surface area contributed by atoms with E-state index < -0.39 is 32.5 Å². The highest BCUT2D eigenvalue weighted by atomic mass is 32.2. The molecule has 12 heteroatoms. The Kier molecular flexibility index (Phi) is 7.39. The summed E-state index contributed by atoms with van der Waals surface area (Å²) in [5.41, 5.74) is 0.795. The van der Waals surface area contributed by atoms with Gasteiger partial charge in [-0.1, -0.05) is 6.07 Å². The number of ether oxygens (including phenoxy) is 2. The van der Waals surface area contributed by atoms with Gasteiger partial charge < -0.3 is 14.8 Å². The van der Waals surface area contributed by atoms with Gasteiger partial charge in [0.1, 0.15) is 18.0 Å². The maximum Gasteiger partial charge on any atom is 0.245 e. The molecule has 31 heavy (non-hydrogen) atoms. The summed E-state index contributed by atoms with van der Waals surface area (Å²) < 4.78 is 60.7. The number of carbonyl (C=O) groups is 1. The van der Waals surface area contributed by atoms with Crippen LogP contribution in [0.2, 0.25) is 0 Å². The minimum absolute atomic E-state index is 0.144. The number of amides is 1. The summed E-state index contributed by atoms with van der Waals surface area (Å²) in [5.74, 6) is 0.00614. The van der Waals surface area contributed by atoms with E-state index in [-0.39, 0.29) is 11.4 Å². The van der Waals surface area contributed by atoms with Crippen molar-refractivity contribution in [2.24, 2.45) is 0 Å². The molecule has 0 spiro atoms. The summed E-state index contributed by atoms with van der Waals surface area (Å²) in [4.78, 5) is 12.7. The van der Waals surface area contributed by atoms with Gasteiger partial charge in [0.05, 0.1) is 38.1 Å². The van der Waals surface area contributed by atoms with Gasteiger partial charge in [0.2, 0.25) is 26.0 Å². The minimum atomic E-state index is -3.85. The Morgan fingerprint density at radius 3 is 2.19 bits per heavy atom. The van der Waals surface area contributed by atoms with Crippen LogP contribution in [0.5, 0.6) is 11.5 Å². The average molecular weight is 472 g/mol. The lowest BCUT2D eigenvalue weighted by Gasteiger charge is -2.24. The Morgan fingerprint density at radius 2 is 1.65 bits per heavy atom. The van der Waals surface area contributed by atoms with Crippen molar-refractivity contribution in [3.05, 3.63) is 42.5 Å². The van der Waals surface area contributed by atoms with Gasteiger partial charge in [-0.05, 0) is 30.3 Å². The van der Waals surface area contributed by atoms with Crippen LogP contribution in [0, 0.1) is 0 Å². The average Bonchev–Trinajstić information content (AvgIpc) is 2.69. The molecule has 0 saturated carbocycles. The lowest BCUT2D eigenvalue weighted by atomic mass is 10.2. The van der Waals surface area contributed by atoms with Crippen molar-refractivity contribution in [3.63, 3.8) is 0 Å². The first kappa shape index (κ1) is 24.3. The first-order valence-corrected chi connectivity index (χ1v) is 12.6. The molecule has 0 radical (unpaired) electrons. The topological polar surface area (TPSA) is 122 Å². The van der Waals surface area contributed by atoms with Gasteiger partial charge in [-0.2, -0.15) is 0 Å². The summed E-state index contributed by atoms with van der Waals surface area (Å²) >= 11 is 0. The van der Waals surface area contributed by atoms with E-state index in [9.17, 15) is 21.6 Å². The predicted molar refractivity (Wildman–Crippen MR) is 120 cm³/mol. The van der Waals surface area contributed by atoms with Gasteiger partial charge in [0.25, 0.3) is 0 Å². The summed E-state index contributed by atoms with van der Waals surface area (Å²) in [6.45, 7) is -0.533. The van der Waals surface area contributed by atoms with Gasteiger partial charge in [-0.15, -0.1) is 0 Å². The first-order chi connectivity index (χ1) is 14.4. The Balaban J connectivity index is 2.32. The zero-order valence-corrected chi connectivity index (χ0v) is 19.5. The number of sulfonamides is 2. The number of methoxy groups -OCH3 is 2. The number of anilines is 3. The Labute approximate surface area is 182 Å². The molecule has 1 N–H and O–H groups in total. The molecule has 2 rings (SSSR count). The van der Waals surface area contributed by atoms with Crippen LogP contribution in [0.1, 0.15) is 0 Å². The quantitative estimate of drug-likeness (QED) is 0.588. The standard InChI is InChI=1S/C19H25N3O7S2/c1-21(30(4,24)25)15-8-6-7-14(11-15)20-19(23)13-22(31(5,26)27)17-12-16(28-2)9-10-18(17)29-3/h6-12H,13H2,1-5H3,(H,20,23). The van der Waals surface area contributed by atoms with E-state index in [4.69, 9.17) is 9.47 Å².